The number of nitrogens with zero attached hydrogens (tertiary/aromatic N) is 1. The smallest absolute Gasteiger partial charge is 0.346 e. The van der Waals surface area contributed by atoms with Crippen molar-refractivity contribution in [3.05, 3.63) is 82.5 Å². The highest BCUT2D eigenvalue weighted by molar-refractivity contribution is 9.12. The second-order valence-corrected chi connectivity index (χ2v) is 5.70. The van der Waals surface area contributed by atoms with Gasteiger partial charge in [0.2, 0.25) is 0 Å². The molecule has 0 aliphatic rings. The molecule has 0 atom stereocenters. The Balaban J connectivity index is 2.18. The maximum Gasteiger partial charge on any atom is 0.346 e. The standard InChI is InChI=1S/C18H18BrNO2/c1-22-18(21)17(19)14-20(12-15-8-4-2-5-9-15)13-16-10-6-3-7-11-16/h2-11,14H,12-13H2,1H3. The molecule has 0 heterocycles. The van der Waals surface area contributed by atoms with Gasteiger partial charge in [0.25, 0.3) is 0 Å². The average molecular weight is 360 g/mol. The van der Waals surface area contributed by atoms with Crippen molar-refractivity contribution in [1.29, 1.82) is 0 Å². The van der Waals surface area contributed by atoms with Gasteiger partial charge >= 0.3 is 5.97 Å². The first kappa shape index (κ1) is 16.3. The molecule has 0 aliphatic carbocycles. The van der Waals surface area contributed by atoms with Crippen LogP contribution in [0.1, 0.15) is 11.1 Å². The quantitative estimate of drug-likeness (QED) is 0.574. The summed E-state index contributed by atoms with van der Waals surface area (Å²) >= 11 is 3.28. The highest BCUT2D eigenvalue weighted by atomic mass is 79.9. The molecule has 0 N–H and O–H groups in total. The molecule has 0 unspecified atom stereocenters. The number of halogens is 1. The summed E-state index contributed by atoms with van der Waals surface area (Å²) in [5, 5.41) is 0. The molecule has 0 aromatic heterocycles. The van der Waals surface area contributed by atoms with Crippen molar-refractivity contribution in [2.45, 2.75) is 13.1 Å². The van der Waals surface area contributed by atoms with Gasteiger partial charge in [-0.25, -0.2) is 4.79 Å². The van der Waals surface area contributed by atoms with Gasteiger partial charge in [-0.05, 0) is 27.1 Å². The number of benzene rings is 2. The SMILES string of the molecule is COC(=O)C(Br)=CN(Cc1ccccc1)Cc1ccccc1. The van der Waals surface area contributed by atoms with Crippen LogP contribution in [0.15, 0.2) is 71.3 Å². The minimum Gasteiger partial charge on any atom is -0.465 e. The van der Waals surface area contributed by atoms with Crippen LogP contribution in [0.4, 0.5) is 0 Å². The van der Waals surface area contributed by atoms with Gasteiger partial charge < -0.3 is 9.64 Å². The molecule has 2 aromatic carbocycles. The first-order valence-corrected chi connectivity index (χ1v) is 7.76. The Labute approximate surface area is 139 Å². The van der Waals surface area contributed by atoms with Crippen LogP contribution in [0.5, 0.6) is 0 Å². The summed E-state index contributed by atoms with van der Waals surface area (Å²) in [7, 11) is 1.37. The van der Waals surface area contributed by atoms with E-state index >= 15 is 0 Å². The van der Waals surface area contributed by atoms with Gasteiger partial charge in [0.05, 0.1) is 7.11 Å². The van der Waals surface area contributed by atoms with E-state index in [2.05, 4.69) is 45.1 Å². The van der Waals surface area contributed by atoms with Crippen molar-refractivity contribution in [1.82, 2.24) is 4.90 Å². The fourth-order valence-electron chi connectivity index (χ4n) is 2.09. The zero-order chi connectivity index (χ0) is 15.8. The van der Waals surface area contributed by atoms with Crippen molar-refractivity contribution >= 4 is 21.9 Å². The Morgan fingerprint density at radius 1 is 1.00 bits per heavy atom. The summed E-state index contributed by atoms with van der Waals surface area (Å²) < 4.78 is 5.14. The van der Waals surface area contributed by atoms with Crippen LogP contribution < -0.4 is 0 Å². The fraction of sp³-hybridized carbons (Fsp3) is 0.167. The van der Waals surface area contributed by atoms with Crippen LogP contribution in [0.25, 0.3) is 0 Å². The minimum absolute atomic E-state index is 0.383. The van der Waals surface area contributed by atoms with E-state index in [9.17, 15) is 4.79 Å². The normalized spacial score (nSPS) is 11.1. The predicted molar refractivity (Wildman–Crippen MR) is 91.2 cm³/mol. The number of esters is 1. The maximum atomic E-state index is 11.6. The molecule has 0 spiro atoms. The van der Waals surface area contributed by atoms with E-state index in [1.807, 2.05) is 36.4 Å². The lowest BCUT2D eigenvalue weighted by atomic mass is 10.2. The predicted octanol–water partition coefficient (Wildman–Crippen LogP) is 4.10. The van der Waals surface area contributed by atoms with Crippen LogP contribution in [0.2, 0.25) is 0 Å². The number of hydrogen-bond donors (Lipinski definition) is 0. The Morgan fingerprint density at radius 2 is 1.45 bits per heavy atom. The molecule has 0 aliphatic heterocycles. The van der Waals surface area contributed by atoms with Crippen LogP contribution in [0, 0.1) is 0 Å². The lowest BCUT2D eigenvalue weighted by Crippen LogP contribution is -2.18. The molecule has 0 fully saturated rings. The van der Waals surface area contributed by atoms with Crippen molar-refractivity contribution in [3.8, 4) is 0 Å². The van der Waals surface area contributed by atoms with Gasteiger partial charge in [0.15, 0.2) is 0 Å². The lowest BCUT2D eigenvalue weighted by molar-refractivity contribution is -0.135. The zero-order valence-corrected chi connectivity index (χ0v) is 14.0. The third-order valence-electron chi connectivity index (χ3n) is 3.13. The number of carbonyl (C=O) groups excluding carboxylic acids is 1. The van der Waals surface area contributed by atoms with Crippen LogP contribution >= 0.6 is 15.9 Å². The second kappa shape index (κ2) is 8.39. The first-order chi connectivity index (χ1) is 10.7. The van der Waals surface area contributed by atoms with E-state index in [1.165, 1.54) is 18.2 Å². The monoisotopic (exact) mass is 359 g/mol. The van der Waals surface area contributed by atoms with E-state index < -0.39 is 0 Å². The van der Waals surface area contributed by atoms with E-state index in [4.69, 9.17) is 4.74 Å². The van der Waals surface area contributed by atoms with E-state index in [0.29, 0.717) is 17.6 Å². The Bertz CT molecular complexity index is 585. The highest BCUT2D eigenvalue weighted by Gasteiger charge is 2.09. The number of hydrogen-bond acceptors (Lipinski definition) is 3. The number of rotatable bonds is 6. The summed E-state index contributed by atoms with van der Waals surface area (Å²) in [5.74, 6) is -0.383. The summed E-state index contributed by atoms with van der Waals surface area (Å²) in [4.78, 5) is 13.7. The van der Waals surface area contributed by atoms with E-state index in [0.717, 1.165) is 0 Å². The zero-order valence-electron chi connectivity index (χ0n) is 12.4. The molecule has 0 amide bonds. The number of ether oxygens (including phenoxy) is 1. The third-order valence-corrected chi connectivity index (χ3v) is 3.66. The Hall–Kier alpha value is -2.07. The molecule has 0 saturated heterocycles. The van der Waals surface area contributed by atoms with Gasteiger partial charge in [-0.3, -0.25) is 0 Å². The molecule has 0 radical (unpaired) electrons. The minimum atomic E-state index is -0.383. The largest absolute Gasteiger partial charge is 0.465 e. The number of carbonyl (C=O) groups is 1. The molecule has 114 valence electrons. The Morgan fingerprint density at radius 3 is 1.86 bits per heavy atom. The number of methoxy groups -OCH3 is 1. The van der Waals surface area contributed by atoms with Crippen LogP contribution in [0.3, 0.4) is 0 Å². The molecular weight excluding hydrogens is 342 g/mol. The van der Waals surface area contributed by atoms with Crippen molar-refractivity contribution in [2.24, 2.45) is 0 Å². The highest BCUT2D eigenvalue weighted by Crippen LogP contribution is 2.15. The second-order valence-electron chi connectivity index (χ2n) is 4.84. The van der Waals surface area contributed by atoms with Crippen molar-refractivity contribution in [3.63, 3.8) is 0 Å². The van der Waals surface area contributed by atoms with Gasteiger partial charge in [-0.1, -0.05) is 60.7 Å². The molecule has 0 bridgehead atoms. The first-order valence-electron chi connectivity index (χ1n) is 6.96. The lowest BCUT2D eigenvalue weighted by Gasteiger charge is -2.21. The van der Waals surface area contributed by atoms with Crippen molar-refractivity contribution in [2.75, 3.05) is 7.11 Å². The summed E-state index contributed by atoms with van der Waals surface area (Å²) in [6, 6.07) is 20.3. The molecule has 2 rings (SSSR count). The van der Waals surface area contributed by atoms with Crippen molar-refractivity contribution < 1.29 is 9.53 Å². The van der Waals surface area contributed by atoms with Crippen LogP contribution in [-0.4, -0.2) is 18.0 Å². The van der Waals surface area contributed by atoms with Gasteiger partial charge in [-0.15, -0.1) is 0 Å². The summed E-state index contributed by atoms with van der Waals surface area (Å²) in [6.45, 7) is 1.42. The topological polar surface area (TPSA) is 29.5 Å². The molecule has 2 aromatic rings. The van der Waals surface area contributed by atoms with E-state index in [-0.39, 0.29) is 5.97 Å². The van der Waals surface area contributed by atoms with E-state index in [1.54, 1.807) is 6.20 Å². The molecule has 4 heteroatoms. The fourth-order valence-corrected chi connectivity index (χ4v) is 2.54. The average Bonchev–Trinajstić information content (AvgIpc) is 2.55. The maximum absolute atomic E-state index is 11.6. The summed E-state index contributed by atoms with van der Waals surface area (Å²) in [5.41, 5.74) is 2.36. The van der Waals surface area contributed by atoms with Gasteiger partial charge in [-0.2, -0.15) is 0 Å². The molecule has 3 nitrogen and oxygen atoms in total. The third kappa shape index (κ3) is 5.04. The van der Waals surface area contributed by atoms with Gasteiger partial charge in [0, 0.05) is 19.3 Å². The molecule has 0 saturated carbocycles. The Kier molecular flexibility index (Phi) is 6.22. The van der Waals surface area contributed by atoms with Gasteiger partial charge in [0.1, 0.15) is 4.48 Å². The molecular formula is C18H18BrNO2. The van der Waals surface area contributed by atoms with Crippen LogP contribution in [-0.2, 0) is 22.6 Å². The molecule has 22 heavy (non-hydrogen) atoms. The summed E-state index contributed by atoms with van der Waals surface area (Å²) in [6.07, 6.45) is 1.78.